The first-order valence-electron chi connectivity index (χ1n) is 5.19. The van der Waals surface area contributed by atoms with Crippen molar-refractivity contribution < 1.29 is 4.74 Å². The minimum absolute atomic E-state index is 0.423. The molecule has 0 saturated carbocycles. The Hall–Kier alpha value is -1.69. The number of benzene rings is 2. The van der Waals surface area contributed by atoms with Crippen LogP contribution in [0.25, 0.3) is 11.1 Å². The van der Waals surface area contributed by atoms with Gasteiger partial charge in [-0.2, -0.15) is 5.26 Å². The summed E-state index contributed by atoms with van der Waals surface area (Å²) in [6.07, 6.45) is 0. The first-order valence-corrected chi connectivity index (χ1v) is 5.95. The lowest BCUT2D eigenvalue weighted by atomic mass is 10.0. The number of hydrogen-bond acceptors (Lipinski definition) is 2. The molecule has 0 aliphatic rings. The zero-order chi connectivity index (χ0) is 13.1. The molecule has 0 aliphatic heterocycles. The summed E-state index contributed by atoms with van der Waals surface area (Å²) in [4.78, 5) is 0. The Labute approximate surface area is 115 Å². The standard InChI is InChI=1S/C14H9Cl2NO/c1-18-14-7-11(15)4-5-12(14)9-2-3-10(8-17)13(16)6-9/h2-7H,1H3. The molecule has 0 aromatic heterocycles. The maximum Gasteiger partial charge on any atom is 0.128 e. The van der Waals surface area contributed by atoms with Crippen LogP contribution in [-0.4, -0.2) is 7.11 Å². The van der Waals surface area contributed by atoms with Crippen molar-refractivity contribution in [1.29, 1.82) is 5.26 Å². The molecule has 0 radical (unpaired) electrons. The third-order valence-corrected chi connectivity index (χ3v) is 3.11. The molecule has 2 aromatic rings. The van der Waals surface area contributed by atoms with E-state index >= 15 is 0 Å². The van der Waals surface area contributed by atoms with E-state index < -0.39 is 0 Å². The Morgan fingerprint density at radius 3 is 2.50 bits per heavy atom. The molecule has 0 unspecified atom stereocenters. The summed E-state index contributed by atoms with van der Waals surface area (Å²) >= 11 is 11.9. The van der Waals surface area contributed by atoms with Crippen LogP contribution >= 0.6 is 23.2 Å². The quantitative estimate of drug-likeness (QED) is 0.807. The first-order chi connectivity index (χ1) is 8.65. The van der Waals surface area contributed by atoms with Crippen LogP contribution in [0.1, 0.15) is 5.56 Å². The summed E-state index contributed by atoms with van der Waals surface area (Å²) in [5.74, 6) is 0.670. The molecule has 90 valence electrons. The number of methoxy groups -OCH3 is 1. The van der Waals surface area contributed by atoms with Gasteiger partial charge >= 0.3 is 0 Å². The third-order valence-electron chi connectivity index (χ3n) is 2.56. The molecule has 4 heteroatoms. The van der Waals surface area contributed by atoms with Crippen molar-refractivity contribution >= 4 is 23.2 Å². The summed E-state index contributed by atoms with van der Waals surface area (Å²) in [5.41, 5.74) is 2.22. The molecule has 0 amide bonds. The van der Waals surface area contributed by atoms with E-state index in [2.05, 4.69) is 0 Å². The molecule has 2 aromatic carbocycles. The molecular weight excluding hydrogens is 269 g/mol. The zero-order valence-corrected chi connectivity index (χ0v) is 11.1. The first kappa shape index (κ1) is 12.8. The van der Waals surface area contributed by atoms with Gasteiger partial charge in [0.05, 0.1) is 17.7 Å². The number of ether oxygens (including phenoxy) is 1. The number of halogens is 2. The molecule has 0 saturated heterocycles. The fourth-order valence-electron chi connectivity index (χ4n) is 1.68. The highest BCUT2D eigenvalue weighted by Crippen LogP contribution is 2.34. The molecule has 0 bridgehead atoms. The van der Waals surface area contributed by atoms with Crippen LogP contribution in [0.15, 0.2) is 36.4 Å². The van der Waals surface area contributed by atoms with Gasteiger partial charge in [0.15, 0.2) is 0 Å². The average molecular weight is 278 g/mol. The summed E-state index contributed by atoms with van der Waals surface area (Å²) in [6.45, 7) is 0. The largest absolute Gasteiger partial charge is 0.496 e. The van der Waals surface area contributed by atoms with Gasteiger partial charge in [-0.25, -0.2) is 0 Å². The van der Waals surface area contributed by atoms with Crippen molar-refractivity contribution in [2.24, 2.45) is 0 Å². The average Bonchev–Trinajstić information content (AvgIpc) is 2.38. The van der Waals surface area contributed by atoms with E-state index in [0.717, 1.165) is 11.1 Å². The maximum atomic E-state index is 8.84. The van der Waals surface area contributed by atoms with E-state index in [1.54, 1.807) is 31.4 Å². The molecule has 2 rings (SSSR count). The lowest BCUT2D eigenvalue weighted by molar-refractivity contribution is 0.416. The molecule has 0 heterocycles. The van der Waals surface area contributed by atoms with Gasteiger partial charge in [-0.3, -0.25) is 0 Å². The van der Waals surface area contributed by atoms with Gasteiger partial charge in [0, 0.05) is 10.6 Å². The van der Waals surface area contributed by atoms with Gasteiger partial charge in [0.1, 0.15) is 11.8 Å². The fraction of sp³-hybridized carbons (Fsp3) is 0.0714. The van der Waals surface area contributed by atoms with Crippen LogP contribution in [0.5, 0.6) is 5.75 Å². The van der Waals surface area contributed by atoms with Crippen LogP contribution in [-0.2, 0) is 0 Å². The van der Waals surface area contributed by atoms with Crippen LogP contribution in [0.4, 0.5) is 0 Å². The smallest absolute Gasteiger partial charge is 0.128 e. The highest BCUT2D eigenvalue weighted by molar-refractivity contribution is 6.32. The Bertz CT molecular complexity index is 632. The molecule has 0 fully saturated rings. The van der Waals surface area contributed by atoms with Gasteiger partial charge in [0.25, 0.3) is 0 Å². The highest BCUT2D eigenvalue weighted by atomic mass is 35.5. The van der Waals surface area contributed by atoms with Crippen molar-refractivity contribution in [1.82, 2.24) is 0 Å². The van der Waals surface area contributed by atoms with Crippen LogP contribution < -0.4 is 4.74 Å². The summed E-state index contributed by atoms with van der Waals surface area (Å²) in [7, 11) is 1.58. The van der Waals surface area contributed by atoms with Crippen molar-refractivity contribution in [3.8, 4) is 22.9 Å². The molecular formula is C14H9Cl2NO. The van der Waals surface area contributed by atoms with Gasteiger partial charge in [-0.1, -0.05) is 29.3 Å². The second kappa shape index (κ2) is 5.30. The number of hydrogen-bond donors (Lipinski definition) is 0. The number of nitriles is 1. The van der Waals surface area contributed by atoms with Crippen molar-refractivity contribution in [2.45, 2.75) is 0 Å². The molecule has 18 heavy (non-hydrogen) atoms. The minimum atomic E-state index is 0.423. The summed E-state index contributed by atoms with van der Waals surface area (Å²) in [6, 6.07) is 12.7. The van der Waals surface area contributed by atoms with E-state index in [4.69, 9.17) is 33.2 Å². The van der Waals surface area contributed by atoms with Gasteiger partial charge in [-0.05, 0) is 35.9 Å². The topological polar surface area (TPSA) is 33.0 Å². The highest BCUT2D eigenvalue weighted by Gasteiger charge is 2.08. The number of nitrogens with zero attached hydrogens (tertiary/aromatic N) is 1. The van der Waals surface area contributed by atoms with Crippen molar-refractivity contribution in [2.75, 3.05) is 7.11 Å². The fourth-order valence-corrected chi connectivity index (χ4v) is 2.06. The summed E-state index contributed by atoms with van der Waals surface area (Å²) in [5, 5.41) is 9.87. The van der Waals surface area contributed by atoms with Crippen LogP contribution in [0.2, 0.25) is 10.0 Å². The van der Waals surface area contributed by atoms with Gasteiger partial charge in [0.2, 0.25) is 0 Å². The molecule has 0 spiro atoms. The lowest BCUT2D eigenvalue weighted by Crippen LogP contribution is -1.88. The third kappa shape index (κ3) is 2.43. The van der Waals surface area contributed by atoms with Gasteiger partial charge in [-0.15, -0.1) is 0 Å². The van der Waals surface area contributed by atoms with Crippen LogP contribution in [0.3, 0.4) is 0 Å². The molecule has 0 N–H and O–H groups in total. The molecule has 0 aliphatic carbocycles. The monoisotopic (exact) mass is 277 g/mol. The minimum Gasteiger partial charge on any atom is -0.496 e. The predicted molar refractivity (Wildman–Crippen MR) is 73.2 cm³/mol. The SMILES string of the molecule is COc1cc(Cl)ccc1-c1ccc(C#N)c(Cl)c1. The second-order valence-electron chi connectivity index (χ2n) is 3.65. The van der Waals surface area contributed by atoms with Gasteiger partial charge < -0.3 is 4.74 Å². The molecule has 0 atom stereocenters. The van der Waals surface area contributed by atoms with E-state index in [9.17, 15) is 0 Å². The molecule has 2 nitrogen and oxygen atoms in total. The predicted octanol–water partition coefficient (Wildman–Crippen LogP) is 4.54. The van der Waals surface area contributed by atoms with E-state index in [0.29, 0.717) is 21.4 Å². The number of rotatable bonds is 2. The Morgan fingerprint density at radius 1 is 1.11 bits per heavy atom. The van der Waals surface area contributed by atoms with E-state index in [1.165, 1.54) is 0 Å². The van der Waals surface area contributed by atoms with Crippen molar-refractivity contribution in [3.63, 3.8) is 0 Å². The van der Waals surface area contributed by atoms with Crippen molar-refractivity contribution in [3.05, 3.63) is 52.0 Å². The Kier molecular flexibility index (Phi) is 3.76. The lowest BCUT2D eigenvalue weighted by Gasteiger charge is -2.09. The van der Waals surface area contributed by atoms with Crippen LogP contribution in [0, 0.1) is 11.3 Å². The normalized spacial score (nSPS) is 9.89. The van der Waals surface area contributed by atoms with E-state index in [1.807, 2.05) is 18.2 Å². The maximum absolute atomic E-state index is 8.84. The second-order valence-corrected chi connectivity index (χ2v) is 4.49. The van der Waals surface area contributed by atoms with E-state index in [-0.39, 0.29) is 0 Å². The zero-order valence-electron chi connectivity index (χ0n) is 9.58. The Balaban J connectivity index is 2.56. The Morgan fingerprint density at radius 2 is 1.89 bits per heavy atom. The summed E-state index contributed by atoms with van der Waals surface area (Å²) < 4.78 is 5.28.